The van der Waals surface area contributed by atoms with Gasteiger partial charge in [-0.25, -0.2) is 8.42 Å². The third-order valence-corrected chi connectivity index (χ3v) is 5.74. The quantitative estimate of drug-likeness (QED) is 0.632. The minimum atomic E-state index is -4.63. The van der Waals surface area contributed by atoms with Gasteiger partial charge in [0.2, 0.25) is 0 Å². The van der Waals surface area contributed by atoms with Crippen molar-refractivity contribution in [1.29, 1.82) is 0 Å². The maximum atomic E-state index is 12.6. The standard InChI is InChI=1S/C11H6ClF3N2O4S2/c12-10-8(17(18)19)5-9(22-10)23(20,21)16-7-3-1-2-6(4-7)11(13,14)15/h1-5,16H. The predicted molar refractivity (Wildman–Crippen MR) is 78.2 cm³/mol. The maximum absolute atomic E-state index is 12.6. The zero-order chi connectivity index (χ0) is 17.4. The molecular formula is C11H6ClF3N2O4S2. The fraction of sp³-hybridized carbons (Fsp3) is 0.0909. The topological polar surface area (TPSA) is 89.3 Å². The van der Waals surface area contributed by atoms with Crippen LogP contribution >= 0.6 is 22.9 Å². The summed E-state index contributed by atoms with van der Waals surface area (Å²) in [6.07, 6.45) is -4.63. The lowest BCUT2D eigenvalue weighted by molar-refractivity contribution is -0.384. The summed E-state index contributed by atoms with van der Waals surface area (Å²) in [7, 11) is -4.30. The second-order valence-electron chi connectivity index (χ2n) is 4.17. The van der Waals surface area contributed by atoms with Crippen molar-refractivity contribution in [2.75, 3.05) is 4.72 Å². The molecule has 0 aliphatic rings. The number of rotatable bonds is 4. The van der Waals surface area contributed by atoms with E-state index in [4.69, 9.17) is 11.6 Å². The van der Waals surface area contributed by atoms with Crippen molar-refractivity contribution >= 4 is 44.3 Å². The molecule has 1 heterocycles. The van der Waals surface area contributed by atoms with Crippen LogP contribution in [0.2, 0.25) is 4.34 Å². The Morgan fingerprint density at radius 1 is 1.26 bits per heavy atom. The van der Waals surface area contributed by atoms with Crippen LogP contribution in [0.25, 0.3) is 0 Å². The van der Waals surface area contributed by atoms with Gasteiger partial charge in [0.25, 0.3) is 15.7 Å². The highest BCUT2D eigenvalue weighted by atomic mass is 35.5. The van der Waals surface area contributed by atoms with Crippen molar-refractivity contribution < 1.29 is 26.5 Å². The van der Waals surface area contributed by atoms with Gasteiger partial charge in [-0.05, 0) is 18.2 Å². The molecule has 23 heavy (non-hydrogen) atoms. The number of hydrogen-bond donors (Lipinski definition) is 1. The molecule has 0 amide bonds. The van der Waals surface area contributed by atoms with Crippen molar-refractivity contribution in [1.82, 2.24) is 0 Å². The van der Waals surface area contributed by atoms with E-state index in [0.29, 0.717) is 17.4 Å². The van der Waals surface area contributed by atoms with Crippen LogP contribution in [0.1, 0.15) is 5.56 Å². The third-order valence-electron chi connectivity index (χ3n) is 2.55. The first-order valence-corrected chi connectivity index (χ1v) is 8.32. The molecule has 0 saturated heterocycles. The molecule has 1 N–H and O–H groups in total. The normalized spacial score (nSPS) is 12.2. The van der Waals surface area contributed by atoms with Gasteiger partial charge in [0.1, 0.15) is 4.21 Å². The molecule has 0 spiro atoms. The van der Waals surface area contributed by atoms with Crippen molar-refractivity contribution in [3.8, 4) is 0 Å². The summed E-state index contributed by atoms with van der Waals surface area (Å²) in [6.45, 7) is 0. The summed E-state index contributed by atoms with van der Waals surface area (Å²) in [5.41, 5.74) is -1.96. The van der Waals surface area contributed by atoms with Gasteiger partial charge in [-0.1, -0.05) is 17.7 Å². The molecule has 1 aromatic carbocycles. The number of thiophene rings is 1. The van der Waals surface area contributed by atoms with Crippen LogP contribution < -0.4 is 4.72 Å². The molecule has 0 atom stereocenters. The SMILES string of the molecule is O=[N+]([O-])c1cc(S(=O)(=O)Nc2cccc(C(F)(F)F)c2)sc1Cl. The Morgan fingerprint density at radius 2 is 1.91 bits per heavy atom. The second-order valence-corrected chi connectivity index (χ2v) is 7.73. The highest BCUT2D eigenvalue weighted by Gasteiger charge is 2.31. The molecule has 0 radical (unpaired) electrons. The van der Waals surface area contributed by atoms with Gasteiger partial charge in [-0.15, -0.1) is 11.3 Å². The van der Waals surface area contributed by atoms with Gasteiger partial charge < -0.3 is 0 Å². The highest BCUT2D eigenvalue weighted by Crippen LogP contribution is 2.37. The summed E-state index contributed by atoms with van der Waals surface area (Å²) in [6, 6.07) is 4.29. The van der Waals surface area contributed by atoms with Crippen LogP contribution in [0.4, 0.5) is 24.5 Å². The number of benzene rings is 1. The molecule has 2 aromatic rings. The van der Waals surface area contributed by atoms with Gasteiger partial charge in [0.15, 0.2) is 4.34 Å². The number of nitrogens with zero attached hydrogens (tertiary/aromatic N) is 1. The Kier molecular flexibility index (Phi) is 4.55. The molecule has 6 nitrogen and oxygen atoms in total. The van der Waals surface area contributed by atoms with Crippen molar-refractivity contribution in [2.45, 2.75) is 10.4 Å². The fourth-order valence-corrected chi connectivity index (χ4v) is 4.27. The molecule has 0 aliphatic heterocycles. The number of hydrogen-bond acceptors (Lipinski definition) is 5. The highest BCUT2D eigenvalue weighted by molar-refractivity contribution is 7.94. The van der Waals surface area contributed by atoms with Crippen LogP contribution in [0.3, 0.4) is 0 Å². The summed E-state index contributed by atoms with van der Waals surface area (Å²) in [5.74, 6) is 0. The predicted octanol–water partition coefficient (Wildman–Crippen LogP) is 4.13. The number of halogens is 4. The van der Waals surface area contributed by atoms with E-state index < -0.39 is 36.6 Å². The first-order chi connectivity index (χ1) is 10.5. The van der Waals surface area contributed by atoms with E-state index >= 15 is 0 Å². The van der Waals surface area contributed by atoms with E-state index in [0.717, 1.165) is 24.3 Å². The molecule has 12 heteroatoms. The van der Waals surface area contributed by atoms with E-state index in [9.17, 15) is 31.7 Å². The van der Waals surface area contributed by atoms with Gasteiger partial charge in [0, 0.05) is 11.8 Å². The monoisotopic (exact) mass is 386 g/mol. The second kappa shape index (κ2) is 5.98. The van der Waals surface area contributed by atoms with Gasteiger partial charge >= 0.3 is 6.18 Å². The Hall–Kier alpha value is -1.85. The molecule has 0 fully saturated rings. The minimum Gasteiger partial charge on any atom is -0.279 e. The van der Waals surface area contributed by atoms with Crippen LogP contribution in [0, 0.1) is 10.1 Å². The summed E-state index contributed by atoms with van der Waals surface area (Å²) in [4.78, 5) is 9.80. The zero-order valence-corrected chi connectivity index (χ0v) is 13.2. The van der Waals surface area contributed by atoms with E-state index in [2.05, 4.69) is 0 Å². The Bertz CT molecular complexity index is 864. The molecule has 124 valence electrons. The van der Waals surface area contributed by atoms with Crippen LogP contribution in [0.5, 0.6) is 0 Å². The Labute approximate surface area is 136 Å². The summed E-state index contributed by atoms with van der Waals surface area (Å²) in [5, 5.41) is 10.7. The third kappa shape index (κ3) is 3.92. The molecule has 0 saturated carbocycles. The average molecular weight is 387 g/mol. The van der Waals surface area contributed by atoms with Gasteiger partial charge in [-0.3, -0.25) is 14.8 Å². The zero-order valence-electron chi connectivity index (χ0n) is 10.8. The van der Waals surface area contributed by atoms with E-state index in [-0.39, 0.29) is 10.0 Å². The molecule has 1 aromatic heterocycles. The molecule has 0 unspecified atom stereocenters. The maximum Gasteiger partial charge on any atom is 0.416 e. The average Bonchev–Trinajstić information content (AvgIpc) is 2.80. The lowest BCUT2D eigenvalue weighted by Crippen LogP contribution is -2.12. The van der Waals surface area contributed by atoms with E-state index in [1.165, 1.54) is 0 Å². The molecular weight excluding hydrogens is 381 g/mol. The summed E-state index contributed by atoms with van der Waals surface area (Å²) >= 11 is 6.00. The number of sulfonamides is 1. The molecule has 2 rings (SSSR count). The van der Waals surface area contributed by atoms with Crippen LogP contribution in [-0.4, -0.2) is 13.3 Å². The fourth-order valence-electron chi connectivity index (χ4n) is 1.56. The number of nitrogens with one attached hydrogen (secondary N) is 1. The molecule has 0 bridgehead atoms. The lowest BCUT2D eigenvalue weighted by Gasteiger charge is -2.10. The van der Waals surface area contributed by atoms with Crippen molar-refractivity contribution in [3.63, 3.8) is 0 Å². The van der Waals surface area contributed by atoms with E-state index in [1.54, 1.807) is 0 Å². The Morgan fingerprint density at radius 3 is 2.43 bits per heavy atom. The van der Waals surface area contributed by atoms with Gasteiger partial charge in [0.05, 0.1) is 10.5 Å². The summed E-state index contributed by atoms with van der Waals surface area (Å²) < 4.78 is 63.1. The number of nitro groups is 1. The lowest BCUT2D eigenvalue weighted by atomic mass is 10.2. The van der Waals surface area contributed by atoms with Crippen LogP contribution in [-0.2, 0) is 16.2 Å². The smallest absolute Gasteiger partial charge is 0.279 e. The number of anilines is 1. The van der Waals surface area contributed by atoms with Crippen molar-refractivity contribution in [2.24, 2.45) is 0 Å². The Balaban J connectivity index is 2.36. The number of alkyl halides is 3. The van der Waals surface area contributed by atoms with E-state index in [1.807, 2.05) is 4.72 Å². The minimum absolute atomic E-state index is 0.327. The van der Waals surface area contributed by atoms with Crippen molar-refractivity contribution in [3.05, 3.63) is 50.3 Å². The largest absolute Gasteiger partial charge is 0.416 e. The first kappa shape index (κ1) is 17.5. The van der Waals surface area contributed by atoms with Gasteiger partial charge in [-0.2, -0.15) is 13.2 Å². The van der Waals surface area contributed by atoms with Crippen LogP contribution in [0.15, 0.2) is 34.5 Å². The first-order valence-electron chi connectivity index (χ1n) is 5.64. The molecule has 0 aliphatic carbocycles.